The molecular weight excluding hydrogens is 412 g/mol. The molecule has 0 aliphatic carbocycles. The molecule has 4 rings (SSSR count). The van der Waals surface area contributed by atoms with Crippen LogP contribution < -0.4 is 15.5 Å². The lowest BCUT2D eigenvalue weighted by atomic mass is 10.1. The van der Waals surface area contributed by atoms with Crippen LogP contribution in [0.5, 0.6) is 0 Å². The van der Waals surface area contributed by atoms with E-state index in [9.17, 15) is 9.59 Å². The van der Waals surface area contributed by atoms with Crippen molar-refractivity contribution in [3.8, 4) is 11.4 Å². The average molecular weight is 441 g/mol. The van der Waals surface area contributed by atoms with E-state index in [0.717, 1.165) is 29.2 Å². The van der Waals surface area contributed by atoms with E-state index in [0.29, 0.717) is 44.4 Å². The Labute approximate surface area is 186 Å². The van der Waals surface area contributed by atoms with Crippen LogP contribution in [0.25, 0.3) is 11.4 Å². The first-order chi connectivity index (χ1) is 15.5. The number of ether oxygens (including phenoxy) is 2. The number of hydrogen-bond donors (Lipinski definition) is 2. The molecule has 2 aliphatic rings. The highest BCUT2D eigenvalue weighted by Crippen LogP contribution is 2.33. The Hall–Kier alpha value is -3.40. The molecule has 1 aromatic heterocycles. The molecule has 0 spiro atoms. The van der Waals surface area contributed by atoms with Gasteiger partial charge in [-0.3, -0.25) is 4.90 Å². The summed E-state index contributed by atoms with van der Waals surface area (Å²) in [6.07, 6.45) is -0.383. The SMILES string of the molecule is CCNC(=O)Nc1ccc(-c2nc3c(c(N4CCOCC4C)n2)CN(C(=O)OC)C3)cc1. The molecule has 10 heteroatoms. The third kappa shape index (κ3) is 4.45. The van der Waals surface area contributed by atoms with Crippen molar-refractivity contribution in [3.63, 3.8) is 0 Å². The minimum Gasteiger partial charge on any atom is -0.453 e. The highest BCUT2D eigenvalue weighted by atomic mass is 16.5. The first kappa shape index (κ1) is 21.8. The maximum absolute atomic E-state index is 12.1. The first-order valence-electron chi connectivity index (χ1n) is 10.7. The van der Waals surface area contributed by atoms with Crippen molar-refractivity contribution >= 4 is 23.6 Å². The Bertz CT molecular complexity index is 997. The number of carbonyl (C=O) groups excluding carboxylic acids is 2. The van der Waals surface area contributed by atoms with Crippen LogP contribution in [-0.4, -0.2) is 66.4 Å². The molecule has 2 N–H and O–H groups in total. The number of methoxy groups -OCH3 is 1. The van der Waals surface area contributed by atoms with Gasteiger partial charge in [0.05, 0.1) is 45.1 Å². The number of aromatic nitrogens is 2. The fourth-order valence-corrected chi connectivity index (χ4v) is 3.94. The van der Waals surface area contributed by atoms with Crippen molar-refractivity contribution in [2.24, 2.45) is 0 Å². The summed E-state index contributed by atoms with van der Waals surface area (Å²) in [7, 11) is 1.38. The second-order valence-corrected chi connectivity index (χ2v) is 7.80. The number of nitrogens with zero attached hydrogens (tertiary/aromatic N) is 4. The van der Waals surface area contributed by atoms with Crippen molar-refractivity contribution in [2.75, 3.05) is 43.6 Å². The van der Waals surface area contributed by atoms with Crippen LogP contribution in [0.2, 0.25) is 0 Å². The summed E-state index contributed by atoms with van der Waals surface area (Å²) in [6, 6.07) is 7.30. The number of morpholine rings is 1. The summed E-state index contributed by atoms with van der Waals surface area (Å²) in [6.45, 7) is 7.27. The minimum absolute atomic E-state index is 0.159. The van der Waals surface area contributed by atoms with Gasteiger partial charge >= 0.3 is 12.1 Å². The maximum Gasteiger partial charge on any atom is 0.410 e. The van der Waals surface area contributed by atoms with E-state index in [1.54, 1.807) is 4.90 Å². The highest BCUT2D eigenvalue weighted by Gasteiger charge is 2.33. The number of benzene rings is 1. The van der Waals surface area contributed by atoms with Crippen LogP contribution in [0, 0.1) is 0 Å². The Morgan fingerprint density at radius 1 is 1.22 bits per heavy atom. The van der Waals surface area contributed by atoms with Gasteiger partial charge in [-0.2, -0.15) is 0 Å². The molecule has 1 aromatic carbocycles. The van der Waals surface area contributed by atoms with Gasteiger partial charge in [-0.25, -0.2) is 19.6 Å². The van der Waals surface area contributed by atoms with Gasteiger partial charge in [0.2, 0.25) is 0 Å². The van der Waals surface area contributed by atoms with Crippen molar-refractivity contribution in [1.82, 2.24) is 20.2 Å². The Kier molecular flexibility index (Phi) is 6.40. The summed E-state index contributed by atoms with van der Waals surface area (Å²) >= 11 is 0. The Morgan fingerprint density at radius 2 is 2.00 bits per heavy atom. The summed E-state index contributed by atoms with van der Waals surface area (Å²) in [4.78, 5) is 37.4. The van der Waals surface area contributed by atoms with Crippen LogP contribution in [0.4, 0.5) is 21.1 Å². The summed E-state index contributed by atoms with van der Waals surface area (Å²) in [5, 5.41) is 5.49. The molecule has 1 saturated heterocycles. The van der Waals surface area contributed by atoms with Gasteiger partial charge in [0.25, 0.3) is 0 Å². The van der Waals surface area contributed by atoms with Gasteiger partial charge in [-0.15, -0.1) is 0 Å². The molecule has 1 atom stereocenters. The minimum atomic E-state index is -0.383. The van der Waals surface area contributed by atoms with Crippen LogP contribution >= 0.6 is 0 Å². The molecular formula is C22H28N6O4. The van der Waals surface area contributed by atoms with Gasteiger partial charge in [0, 0.05) is 29.9 Å². The zero-order valence-corrected chi connectivity index (χ0v) is 18.6. The zero-order valence-electron chi connectivity index (χ0n) is 18.6. The lowest BCUT2D eigenvalue weighted by molar-refractivity contribution is 0.0983. The summed E-state index contributed by atoms with van der Waals surface area (Å²) in [5.41, 5.74) is 3.27. The topological polar surface area (TPSA) is 109 Å². The van der Waals surface area contributed by atoms with Crippen molar-refractivity contribution in [2.45, 2.75) is 33.0 Å². The Morgan fingerprint density at radius 3 is 2.69 bits per heavy atom. The number of rotatable bonds is 4. The molecule has 2 aromatic rings. The Balaban J connectivity index is 1.67. The summed E-state index contributed by atoms with van der Waals surface area (Å²) < 4.78 is 10.5. The fraction of sp³-hybridized carbons (Fsp3) is 0.455. The second-order valence-electron chi connectivity index (χ2n) is 7.80. The van der Waals surface area contributed by atoms with Gasteiger partial charge in [-0.1, -0.05) is 0 Å². The molecule has 32 heavy (non-hydrogen) atoms. The van der Waals surface area contributed by atoms with Gasteiger partial charge in [0.1, 0.15) is 5.82 Å². The van der Waals surface area contributed by atoms with E-state index in [1.165, 1.54) is 7.11 Å². The van der Waals surface area contributed by atoms with E-state index in [2.05, 4.69) is 22.5 Å². The first-order valence-corrected chi connectivity index (χ1v) is 10.7. The molecule has 0 bridgehead atoms. The predicted molar refractivity (Wildman–Crippen MR) is 119 cm³/mol. The van der Waals surface area contributed by atoms with E-state index >= 15 is 0 Å². The quantitative estimate of drug-likeness (QED) is 0.752. The number of hydrogen-bond acceptors (Lipinski definition) is 7. The lowest BCUT2D eigenvalue weighted by Crippen LogP contribution is -2.44. The van der Waals surface area contributed by atoms with Crippen LogP contribution in [0.15, 0.2) is 24.3 Å². The van der Waals surface area contributed by atoms with Crippen molar-refractivity contribution < 1.29 is 19.1 Å². The molecule has 1 unspecified atom stereocenters. The third-order valence-corrected chi connectivity index (χ3v) is 5.57. The predicted octanol–water partition coefficient (Wildman–Crippen LogP) is 2.59. The molecule has 0 saturated carbocycles. The van der Waals surface area contributed by atoms with E-state index in [4.69, 9.17) is 19.4 Å². The molecule has 3 amide bonds. The molecule has 10 nitrogen and oxygen atoms in total. The van der Waals surface area contributed by atoms with E-state index in [-0.39, 0.29) is 18.2 Å². The van der Waals surface area contributed by atoms with Crippen LogP contribution in [-0.2, 0) is 22.6 Å². The molecule has 170 valence electrons. The number of nitrogens with one attached hydrogen (secondary N) is 2. The fourth-order valence-electron chi connectivity index (χ4n) is 3.94. The van der Waals surface area contributed by atoms with Gasteiger partial charge in [-0.05, 0) is 38.1 Å². The van der Waals surface area contributed by atoms with Crippen molar-refractivity contribution in [3.05, 3.63) is 35.5 Å². The normalized spacial score (nSPS) is 17.7. The van der Waals surface area contributed by atoms with E-state index < -0.39 is 0 Å². The zero-order chi connectivity index (χ0) is 22.7. The smallest absolute Gasteiger partial charge is 0.410 e. The van der Waals surface area contributed by atoms with Crippen molar-refractivity contribution in [1.29, 1.82) is 0 Å². The number of anilines is 2. The van der Waals surface area contributed by atoms with Crippen LogP contribution in [0.1, 0.15) is 25.1 Å². The monoisotopic (exact) mass is 440 g/mol. The molecule has 0 radical (unpaired) electrons. The third-order valence-electron chi connectivity index (χ3n) is 5.57. The molecule has 3 heterocycles. The summed E-state index contributed by atoms with van der Waals surface area (Å²) in [5.74, 6) is 1.41. The van der Waals surface area contributed by atoms with E-state index in [1.807, 2.05) is 31.2 Å². The lowest BCUT2D eigenvalue weighted by Gasteiger charge is -2.35. The average Bonchev–Trinajstić information content (AvgIpc) is 3.23. The largest absolute Gasteiger partial charge is 0.453 e. The number of amides is 3. The molecule has 1 fully saturated rings. The standard InChI is InChI=1S/C22H28N6O4/c1-4-23-21(29)24-16-7-5-15(6-8-16)19-25-18-12-27(22(30)31-3)11-17(18)20(26-19)28-9-10-32-13-14(28)2/h5-8,14H,4,9-13H2,1-3H3,(H2,23,24,29). The number of fused-ring (bicyclic) bond motifs is 1. The maximum atomic E-state index is 12.1. The van der Waals surface area contributed by atoms with Gasteiger partial charge in [0.15, 0.2) is 5.82 Å². The number of carbonyl (C=O) groups is 2. The number of urea groups is 1. The second kappa shape index (κ2) is 9.39. The molecule has 2 aliphatic heterocycles. The highest BCUT2D eigenvalue weighted by molar-refractivity contribution is 5.89. The van der Waals surface area contributed by atoms with Crippen LogP contribution in [0.3, 0.4) is 0 Å². The van der Waals surface area contributed by atoms with Gasteiger partial charge < -0.3 is 25.0 Å².